The number of thiophene rings is 2. The highest BCUT2D eigenvalue weighted by atomic mass is 32.1. The normalized spacial score (nSPS) is 12.4. The van der Waals surface area contributed by atoms with Crippen molar-refractivity contribution in [2.75, 3.05) is 0 Å². The predicted molar refractivity (Wildman–Crippen MR) is 91.6 cm³/mol. The molecule has 1 aromatic carbocycles. The molecule has 0 amide bonds. The zero-order chi connectivity index (χ0) is 13.9. The van der Waals surface area contributed by atoms with Gasteiger partial charge in [0.25, 0.3) is 0 Å². The van der Waals surface area contributed by atoms with E-state index in [2.05, 4.69) is 41.7 Å². The summed E-state index contributed by atoms with van der Waals surface area (Å²) in [5.41, 5.74) is 2.17. The molecule has 0 N–H and O–H groups in total. The standard InChI is InChI=1S/C15H14N2S3/c1-4-8-5-9-12-13(17-20-16-12)10-6-11(7(2)3)19-15(10)14(9)18-8/h5-7H,4H2,1-3H3. The lowest BCUT2D eigenvalue weighted by atomic mass is 10.1. The summed E-state index contributed by atoms with van der Waals surface area (Å²) < 4.78 is 11.9. The molecule has 0 bridgehead atoms. The molecule has 4 aromatic rings. The third kappa shape index (κ3) is 1.66. The van der Waals surface area contributed by atoms with Crippen LogP contribution in [0.5, 0.6) is 0 Å². The van der Waals surface area contributed by atoms with E-state index in [1.807, 2.05) is 22.7 Å². The highest BCUT2D eigenvalue weighted by Crippen LogP contribution is 2.43. The van der Waals surface area contributed by atoms with Gasteiger partial charge in [-0.15, -0.1) is 22.7 Å². The molecule has 0 radical (unpaired) electrons. The number of aryl methyl sites for hydroxylation is 1. The third-order valence-corrected chi connectivity index (χ3v) is 7.06. The number of aromatic nitrogens is 2. The fourth-order valence-electron chi connectivity index (χ4n) is 2.54. The van der Waals surface area contributed by atoms with Gasteiger partial charge in [0.2, 0.25) is 0 Å². The molecule has 0 saturated heterocycles. The predicted octanol–water partition coefficient (Wildman–Crippen LogP) is 5.81. The van der Waals surface area contributed by atoms with Crippen LogP contribution in [0.2, 0.25) is 0 Å². The van der Waals surface area contributed by atoms with Crippen LogP contribution in [0.15, 0.2) is 12.1 Å². The van der Waals surface area contributed by atoms with Crippen molar-refractivity contribution < 1.29 is 0 Å². The molecule has 0 unspecified atom stereocenters. The van der Waals surface area contributed by atoms with Gasteiger partial charge in [-0.3, -0.25) is 0 Å². The van der Waals surface area contributed by atoms with Gasteiger partial charge in [0.15, 0.2) is 0 Å². The van der Waals surface area contributed by atoms with E-state index in [1.165, 1.54) is 41.7 Å². The van der Waals surface area contributed by atoms with Gasteiger partial charge in [-0.05, 0) is 24.5 Å². The van der Waals surface area contributed by atoms with E-state index in [0.717, 1.165) is 17.5 Å². The molecule has 5 heteroatoms. The monoisotopic (exact) mass is 318 g/mol. The van der Waals surface area contributed by atoms with Crippen molar-refractivity contribution in [3.8, 4) is 0 Å². The lowest BCUT2D eigenvalue weighted by Crippen LogP contribution is -1.77. The van der Waals surface area contributed by atoms with E-state index >= 15 is 0 Å². The zero-order valence-electron chi connectivity index (χ0n) is 11.6. The van der Waals surface area contributed by atoms with Gasteiger partial charge < -0.3 is 0 Å². The van der Waals surface area contributed by atoms with Gasteiger partial charge in [0, 0.05) is 20.5 Å². The summed E-state index contributed by atoms with van der Waals surface area (Å²) >= 11 is 5.17. The fourth-order valence-corrected chi connectivity index (χ4v) is 5.53. The van der Waals surface area contributed by atoms with Crippen LogP contribution in [0.3, 0.4) is 0 Å². The van der Waals surface area contributed by atoms with Gasteiger partial charge in [0.05, 0.1) is 21.1 Å². The van der Waals surface area contributed by atoms with Crippen LogP contribution in [-0.2, 0) is 6.42 Å². The molecule has 3 aromatic heterocycles. The Balaban J connectivity index is 2.25. The number of hydrogen-bond donors (Lipinski definition) is 0. The Kier molecular flexibility index (Phi) is 2.84. The molecule has 102 valence electrons. The largest absolute Gasteiger partial charge is 0.172 e. The molecule has 20 heavy (non-hydrogen) atoms. The number of rotatable bonds is 2. The van der Waals surface area contributed by atoms with Gasteiger partial charge in [-0.25, -0.2) is 0 Å². The molecule has 0 aliphatic heterocycles. The van der Waals surface area contributed by atoms with E-state index in [9.17, 15) is 0 Å². The van der Waals surface area contributed by atoms with Crippen LogP contribution in [0.25, 0.3) is 31.2 Å². The summed E-state index contributed by atoms with van der Waals surface area (Å²) in [6.07, 6.45) is 1.09. The SMILES string of the molecule is CCc1cc2c3nsnc3c3cc(C(C)C)sc3c2s1. The number of hydrogen-bond acceptors (Lipinski definition) is 5. The van der Waals surface area contributed by atoms with E-state index in [-0.39, 0.29) is 0 Å². The second-order valence-corrected chi connectivity index (χ2v) is 8.07. The van der Waals surface area contributed by atoms with E-state index < -0.39 is 0 Å². The van der Waals surface area contributed by atoms with Crippen LogP contribution in [0, 0.1) is 0 Å². The molecule has 4 rings (SSSR count). The van der Waals surface area contributed by atoms with Crippen LogP contribution >= 0.6 is 34.4 Å². The van der Waals surface area contributed by atoms with Crippen LogP contribution in [-0.4, -0.2) is 8.75 Å². The smallest absolute Gasteiger partial charge is 0.114 e. The van der Waals surface area contributed by atoms with Crippen molar-refractivity contribution >= 4 is 65.6 Å². The first-order valence-corrected chi connectivity index (χ1v) is 9.15. The first-order valence-electron chi connectivity index (χ1n) is 6.79. The van der Waals surface area contributed by atoms with Crippen molar-refractivity contribution in [1.82, 2.24) is 8.75 Å². The second kappa shape index (κ2) is 4.48. The van der Waals surface area contributed by atoms with Gasteiger partial charge in [-0.1, -0.05) is 20.8 Å². The molecule has 0 fully saturated rings. The minimum atomic E-state index is 0.565. The molecule has 0 atom stereocenters. The summed E-state index contributed by atoms with van der Waals surface area (Å²) in [4.78, 5) is 2.87. The lowest BCUT2D eigenvalue weighted by molar-refractivity contribution is 0.890. The molecule has 0 saturated carbocycles. The Morgan fingerprint density at radius 3 is 2.30 bits per heavy atom. The van der Waals surface area contributed by atoms with Crippen molar-refractivity contribution in [3.05, 3.63) is 21.9 Å². The minimum Gasteiger partial charge on any atom is -0.172 e. The van der Waals surface area contributed by atoms with E-state index in [4.69, 9.17) is 0 Å². The van der Waals surface area contributed by atoms with Crippen molar-refractivity contribution in [1.29, 1.82) is 0 Å². The summed E-state index contributed by atoms with van der Waals surface area (Å²) in [6, 6.07) is 4.62. The summed E-state index contributed by atoms with van der Waals surface area (Å²) in [7, 11) is 0. The number of benzene rings is 1. The molecule has 0 aliphatic carbocycles. The maximum Gasteiger partial charge on any atom is 0.114 e. The van der Waals surface area contributed by atoms with Crippen LogP contribution in [0.4, 0.5) is 0 Å². The van der Waals surface area contributed by atoms with Gasteiger partial charge in [-0.2, -0.15) is 8.75 Å². The molecular formula is C15H14N2S3. The fraction of sp³-hybridized carbons (Fsp3) is 0.333. The first kappa shape index (κ1) is 12.7. The highest BCUT2D eigenvalue weighted by Gasteiger charge is 2.17. The summed E-state index contributed by atoms with van der Waals surface area (Å²) in [5, 5.41) is 2.58. The highest BCUT2D eigenvalue weighted by molar-refractivity contribution is 7.27. The zero-order valence-corrected chi connectivity index (χ0v) is 14.0. The molecule has 0 spiro atoms. The summed E-state index contributed by atoms with van der Waals surface area (Å²) in [6.45, 7) is 6.72. The van der Waals surface area contributed by atoms with E-state index in [0.29, 0.717) is 5.92 Å². The number of nitrogens with zero attached hydrogens (tertiary/aromatic N) is 2. The second-order valence-electron chi connectivity index (χ2n) is 5.32. The number of fused-ring (bicyclic) bond motifs is 6. The minimum absolute atomic E-state index is 0.565. The molecule has 0 aliphatic rings. The Bertz CT molecular complexity index is 927. The average Bonchev–Trinajstić information content (AvgIpc) is 3.14. The maximum absolute atomic E-state index is 4.55. The maximum atomic E-state index is 4.55. The van der Waals surface area contributed by atoms with Crippen molar-refractivity contribution in [3.63, 3.8) is 0 Å². The van der Waals surface area contributed by atoms with E-state index in [1.54, 1.807) is 0 Å². The Hall–Kier alpha value is -1.04. The quantitative estimate of drug-likeness (QED) is 0.466. The Labute approximate surface area is 129 Å². The molecule has 3 heterocycles. The Morgan fingerprint density at radius 1 is 1.00 bits per heavy atom. The van der Waals surface area contributed by atoms with Crippen molar-refractivity contribution in [2.24, 2.45) is 0 Å². The average molecular weight is 318 g/mol. The van der Waals surface area contributed by atoms with Crippen molar-refractivity contribution in [2.45, 2.75) is 33.1 Å². The van der Waals surface area contributed by atoms with Gasteiger partial charge >= 0.3 is 0 Å². The van der Waals surface area contributed by atoms with Crippen LogP contribution < -0.4 is 0 Å². The molecule has 2 nitrogen and oxygen atoms in total. The topological polar surface area (TPSA) is 25.8 Å². The first-order chi connectivity index (χ1) is 9.69. The lowest BCUT2D eigenvalue weighted by Gasteiger charge is -1.96. The summed E-state index contributed by atoms with van der Waals surface area (Å²) in [5.74, 6) is 0.565. The third-order valence-electron chi connectivity index (χ3n) is 3.66. The molecular weight excluding hydrogens is 304 g/mol. The Morgan fingerprint density at radius 2 is 1.65 bits per heavy atom. The van der Waals surface area contributed by atoms with Gasteiger partial charge in [0.1, 0.15) is 11.0 Å². The van der Waals surface area contributed by atoms with Crippen LogP contribution in [0.1, 0.15) is 36.4 Å².